The molecule has 1 heterocycles. The second kappa shape index (κ2) is 9.39. The van der Waals surface area contributed by atoms with Crippen molar-refractivity contribution in [1.29, 1.82) is 0 Å². The second-order valence-corrected chi connectivity index (χ2v) is 6.46. The Hall–Kier alpha value is -1.56. The van der Waals surface area contributed by atoms with Crippen LogP contribution in [0.4, 0.5) is 4.79 Å². The van der Waals surface area contributed by atoms with Crippen molar-refractivity contribution in [3.8, 4) is 0 Å². The lowest BCUT2D eigenvalue weighted by Gasteiger charge is -2.06. The highest BCUT2D eigenvalue weighted by Gasteiger charge is 2.04. The van der Waals surface area contributed by atoms with E-state index in [0.717, 1.165) is 24.1 Å². The molecule has 0 aromatic carbocycles. The van der Waals surface area contributed by atoms with Crippen molar-refractivity contribution in [2.45, 2.75) is 52.5 Å². The molecule has 1 aromatic heterocycles. The van der Waals surface area contributed by atoms with E-state index in [0.29, 0.717) is 19.5 Å². The van der Waals surface area contributed by atoms with Crippen LogP contribution >= 0.6 is 11.3 Å². The van der Waals surface area contributed by atoms with Crippen LogP contribution in [0.15, 0.2) is 6.07 Å². The molecule has 3 N–H and O–H groups in total. The lowest BCUT2D eigenvalue weighted by atomic mass is 10.1. The minimum Gasteiger partial charge on any atom is -0.481 e. The Balaban J connectivity index is 2.02. The Labute approximate surface area is 129 Å². The number of carbonyl (C=O) groups is 2. The molecule has 0 saturated carbocycles. The van der Waals surface area contributed by atoms with Crippen molar-refractivity contribution in [3.63, 3.8) is 0 Å². The van der Waals surface area contributed by atoms with E-state index in [9.17, 15) is 9.59 Å². The molecule has 0 spiro atoms. The van der Waals surface area contributed by atoms with Crippen LogP contribution in [0, 0.1) is 13.8 Å². The molecule has 1 aromatic rings. The zero-order chi connectivity index (χ0) is 15.7. The highest BCUT2D eigenvalue weighted by molar-refractivity contribution is 7.12. The van der Waals surface area contributed by atoms with Crippen LogP contribution in [0.2, 0.25) is 0 Å². The van der Waals surface area contributed by atoms with Gasteiger partial charge in [0, 0.05) is 22.7 Å². The van der Waals surface area contributed by atoms with E-state index in [2.05, 4.69) is 30.5 Å². The summed E-state index contributed by atoms with van der Waals surface area (Å²) in [7, 11) is 0. The number of hydrogen-bond acceptors (Lipinski definition) is 3. The van der Waals surface area contributed by atoms with Crippen LogP contribution in [0.3, 0.4) is 0 Å². The highest BCUT2D eigenvalue weighted by Crippen LogP contribution is 2.20. The number of carboxylic acids is 1. The summed E-state index contributed by atoms with van der Waals surface area (Å²) >= 11 is 1.71. The fourth-order valence-corrected chi connectivity index (χ4v) is 2.92. The first-order valence-corrected chi connectivity index (χ1v) is 8.10. The Kier molecular flexibility index (Phi) is 7.82. The van der Waals surface area contributed by atoms with Gasteiger partial charge in [-0.25, -0.2) is 4.79 Å². The second-order valence-electron chi connectivity index (χ2n) is 5.12. The minimum absolute atomic E-state index is 0.149. The summed E-state index contributed by atoms with van der Waals surface area (Å²) in [6.45, 7) is 5.33. The number of nitrogens with one attached hydrogen (secondary N) is 2. The molecule has 0 atom stereocenters. The number of urea groups is 1. The molecule has 0 radical (unpaired) electrons. The van der Waals surface area contributed by atoms with E-state index in [4.69, 9.17) is 5.11 Å². The van der Waals surface area contributed by atoms with Crippen LogP contribution < -0.4 is 10.6 Å². The van der Waals surface area contributed by atoms with Gasteiger partial charge in [-0.1, -0.05) is 12.8 Å². The number of unbranched alkanes of at least 4 members (excludes halogenated alkanes) is 3. The summed E-state index contributed by atoms with van der Waals surface area (Å²) < 4.78 is 0. The fraction of sp³-hybridized carbons (Fsp3) is 0.600. The predicted molar refractivity (Wildman–Crippen MR) is 84.8 cm³/mol. The van der Waals surface area contributed by atoms with Gasteiger partial charge in [0.15, 0.2) is 0 Å². The Bertz CT molecular complexity index is 452. The minimum atomic E-state index is -0.744. The van der Waals surface area contributed by atoms with Gasteiger partial charge >= 0.3 is 12.0 Å². The van der Waals surface area contributed by atoms with Crippen molar-refractivity contribution >= 4 is 23.3 Å². The monoisotopic (exact) mass is 312 g/mol. The molecule has 0 saturated heterocycles. The molecule has 6 heteroatoms. The summed E-state index contributed by atoms with van der Waals surface area (Å²) in [5, 5.41) is 14.1. The van der Waals surface area contributed by atoms with Crippen molar-refractivity contribution in [2.24, 2.45) is 0 Å². The summed E-state index contributed by atoms with van der Waals surface area (Å²) in [4.78, 5) is 24.4. The zero-order valence-corrected chi connectivity index (χ0v) is 13.5. The first kappa shape index (κ1) is 17.5. The Morgan fingerprint density at radius 1 is 1.14 bits per heavy atom. The van der Waals surface area contributed by atoms with E-state index in [1.165, 1.54) is 10.4 Å². The van der Waals surface area contributed by atoms with Gasteiger partial charge < -0.3 is 15.7 Å². The Morgan fingerprint density at radius 3 is 2.48 bits per heavy atom. The molecular weight excluding hydrogens is 288 g/mol. The zero-order valence-electron chi connectivity index (χ0n) is 12.7. The number of carbonyl (C=O) groups excluding carboxylic acids is 1. The topological polar surface area (TPSA) is 78.4 Å². The number of aryl methyl sites for hydroxylation is 2. The maximum absolute atomic E-state index is 11.6. The normalized spacial score (nSPS) is 10.4. The largest absolute Gasteiger partial charge is 0.481 e. The molecule has 0 fully saturated rings. The molecule has 0 aliphatic carbocycles. The van der Waals surface area contributed by atoms with E-state index in [-0.39, 0.29) is 12.5 Å². The molecule has 0 unspecified atom stereocenters. The maximum Gasteiger partial charge on any atom is 0.315 e. The van der Waals surface area contributed by atoms with Gasteiger partial charge in [-0.15, -0.1) is 11.3 Å². The summed E-state index contributed by atoms with van der Waals surface area (Å²) in [6.07, 6.45) is 3.65. The van der Waals surface area contributed by atoms with Gasteiger partial charge in [0.1, 0.15) is 0 Å². The average Bonchev–Trinajstić information content (AvgIpc) is 2.74. The van der Waals surface area contributed by atoms with Crippen molar-refractivity contribution in [3.05, 3.63) is 21.4 Å². The molecule has 0 bridgehead atoms. The van der Waals surface area contributed by atoms with Crippen LogP contribution in [-0.2, 0) is 11.3 Å². The maximum atomic E-state index is 11.6. The number of rotatable bonds is 9. The van der Waals surface area contributed by atoms with Gasteiger partial charge in [-0.2, -0.15) is 0 Å². The molecule has 1 rings (SSSR count). The van der Waals surface area contributed by atoms with Crippen LogP contribution in [-0.4, -0.2) is 23.7 Å². The van der Waals surface area contributed by atoms with E-state index in [1.54, 1.807) is 11.3 Å². The lowest BCUT2D eigenvalue weighted by molar-refractivity contribution is -0.137. The van der Waals surface area contributed by atoms with Crippen molar-refractivity contribution in [1.82, 2.24) is 10.6 Å². The third-order valence-electron chi connectivity index (χ3n) is 3.24. The first-order chi connectivity index (χ1) is 9.99. The van der Waals surface area contributed by atoms with Crippen LogP contribution in [0.1, 0.15) is 47.4 Å². The molecule has 118 valence electrons. The smallest absolute Gasteiger partial charge is 0.315 e. The van der Waals surface area contributed by atoms with Gasteiger partial charge in [0.2, 0.25) is 0 Å². The molecule has 0 aliphatic rings. The summed E-state index contributed by atoms with van der Waals surface area (Å²) in [6, 6.07) is 1.95. The summed E-state index contributed by atoms with van der Waals surface area (Å²) in [5.41, 5.74) is 1.26. The van der Waals surface area contributed by atoms with Crippen molar-refractivity contribution < 1.29 is 14.7 Å². The average molecular weight is 312 g/mol. The van der Waals surface area contributed by atoms with E-state index < -0.39 is 5.97 Å². The standard InChI is InChI=1S/C15H24N2O3S/c1-11-9-13(21-12(11)2)10-17-15(20)16-8-6-4-3-5-7-14(18)19/h9H,3-8,10H2,1-2H3,(H,18,19)(H2,16,17,20). The van der Waals surface area contributed by atoms with Crippen LogP contribution in [0.5, 0.6) is 0 Å². The molecule has 2 amide bonds. The quantitative estimate of drug-likeness (QED) is 0.613. The third kappa shape index (κ3) is 7.70. The molecular formula is C15H24N2O3S. The Morgan fingerprint density at radius 2 is 1.86 bits per heavy atom. The molecule has 0 aliphatic heterocycles. The molecule has 5 nitrogen and oxygen atoms in total. The third-order valence-corrected chi connectivity index (χ3v) is 4.40. The molecule has 21 heavy (non-hydrogen) atoms. The predicted octanol–water partition coefficient (Wildman–Crippen LogP) is 3.20. The van der Waals surface area contributed by atoms with Gasteiger partial charge in [0.25, 0.3) is 0 Å². The van der Waals surface area contributed by atoms with Gasteiger partial charge in [-0.3, -0.25) is 4.79 Å². The van der Waals surface area contributed by atoms with Crippen molar-refractivity contribution in [2.75, 3.05) is 6.54 Å². The first-order valence-electron chi connectivity index (χ1n) is 7.28. The highest BCUT2D eigenvalue weighted by atomic mass is 32.1. The number of hydrogen-bond donors (Lipinski definition) is 3. The number of amides is 2. The lowest BCUT2D eigenvalue weighted by Crippen LogP contribution is -2.35. The van der Waals surface area contributed by atoms with Gasteiger partial charge in [-0.05, 0) is 38.3 Å². The number of thiophene rings is 1. The van der Waals surface area contributed by atoms with Crippen LogP contribution in [0.25, 0.3) is 0 Å². The SMILES string of the molecule is Cc1cc(CNC(=O)NCCCCCCC(=O)O)sc1C. The van der Waals surface area contributed by atoms with E-state index in [1.807, 2.05) is 0 Å². The van der Waals surface area contributed by atoms with E-state index >= 15 is 0 Å². The number of aliphatic carboxylic acids is 1. The summed E-state index contributed by atoms with van der Waals surface area (Å²) in [5.74, 6) is -0.744. The van der Waals surface area contributed by atoms with Gasteiger partial charge in [0.05, 0.1) is 6.54 Å². The number of carboxylic acid groups (broad SMARTS) is 1. The fourth-order valence-electron chi connectivity index (χ4n) is 1.92.